The van der Waals surface area contributed by atoms with Crippen LogP contribution in [0.2, 0.25) is 0 Å². The van der Waals surface area contributed by atoms with Crippen molar-refractivity contribution in [3.8, 4) is 0 Å². The van der Waals surface area contributed by atoms with Gasteiger partial charge in [-0.3, -0.25) is 14.6 Å². The second kappa shape index (κ2) is 10.2. The van der Waals surface area contributed by atoms with E-state index in [1.807, 2.05) is 41.4 Å². The Labute approximate surface area is 220 Å². The van der Waals surface area contributed by atoms with Gasteiger partial charge in [0.2, 0.25) is 11.8 Å². The molecule has 192 valence electrons. The summed E-state index contributed by atoms with van der Waals surface area (Å²) in [5.74, 6) is 1.07. The summed E-state index contributed by atoms with van der Waals surface area (Å²) in [5.41, 5.74) is 2.10. The van der Waals surface area contributed by atoms with E-state index in [4.69, 9.17) is 9.97 Å². The molecule has 0 saturated carbocycles. The van der Waals surface area contributed by atoms with Crippen LogP contribution >= 0.6 is 11.3 Å². The molecular weight excluding hydrogens is 484 g/mol. The lowest BCUT2D eigenvalue weighted by atomic mass is 9.81. The molecule has 8 nitrogen and oxygen atoms in total. The van der Waals surface area contributed by atoms with Gasteiger partial charge in [0.05, 0.1) is 29.1 Å². The Balaban J connectivity index is 1.16. The maximum atomic E-state index is 13.6. The average molecular weight is 517 g/mol. The molecule has 3 aromatic rings. The number of anilines is 2. The first-order valence-corrected chi connectivity index (χ1v) is 14.1. The van der Waals surface area contributed by atoms with E-state index in [0.29, 0.717) is 31.6 Å². The third kappa shape index (κ3) is 4.72. The first kappa shape index (κ1) is 24.0. The molecule has 2 aliphatic carbocycles. The molecule has 0 bridgehead atoms. The third-order valence-electron chi connectivity index (χ3n) is 7.81. The first-order chi connectivity index (χ1) is 18.1. The molecule has 3 aliphatic rings. The third-order valence-corrected chi connectivity index (χ3v) is 9.00. The Hall–Kier alpha value is -3.33. The summed E-state index contributed by atoms with van der Waals surface area (Å²) in [7, 11) is 0. The molecule has 2 atom stereocenters. The van der Waals surface area contributed by atoms with Gasteiger partial charge in [-0.15, -0.1) is 11.3 Å². The molecule has 2 amide bonds. The molecule has 37 heavy (non-hydrogen) atoms. The summed E-state index contributed by atoms with van der Waals surface area (Å²) >= 11 is 1.83. The number of pyridine rings is 1. The fourth-order valence-corrected chi connectivity index (χ4v) is 7.19. The van der Waals surface area contributed by atoms with E-state index in [-0.39, 0.29) is 23.7 Å². The van der Waals surface area contributed by atoms with Crippen molar-refractivity contribution < 1.29 is 9.59 Å². The first-order valence-electron chi connectivity index (χ1n) is 13.3. The van der Waals surface area contributed by atoms with Gasteiger partial charge in [0, 0.05) is 37.3 Å². The Kier molecular flexibility index (Phi) is 6.63. The van der Waals surface area contributed by atoms with Crippen LogP contribution in [0.4, 0.5) is 11.5 Å². The standard InChI is InChI=1S/C28H32N6O2S/c1-18-30-25(24-22-10-4-5-11-23(22)37-27(24)31-18)33-13-15-34(16-14-33)28(36)21-9-3-2-8-20(21)26(35)32-19-7-6-12-29-17-19/h2-3,6-7,12,17,20-21H,4-5,8-11,13-16H2,1H3,(H,32,35). The summed E-state index contributed by atoms with van der Waals surface area (Å²) in [6.45, 7) is 4.70. The number of thiophene rings is 1. The minimum atomic E-state index is -0.378. The number of carbonyl (C=O) groups excluding carboxylic acids is 2. The van der Waals surface area contributed by atoms with E-state index in [9.17, 15) is 9.59 Å². The number of nitrogens with zero attached hydrogens (tertiary/aromatic N) is 5. The van der Waals surface area contributed by atoms with Crippen molar-refractivity contribution in [2.75, 3.05) is 36.4 Å². The van der Waals surface area contributed by atoms with Crippen molar-refractivity contribution in [3.05, 3.63) is 52.9 Å². The highest BCUT2D eigenvalue weighted by Crippen LogP contribution is 2.40. The van der Waals surface area contributed by atoms with Gasteiger partial charge < -0.3 is 15.1 Å². The zero-order valence-corrected chi connectivity index (χ0v) is 22.0. The van der Waals surface area contributed by atoms with Crippen molar-refractivity contribution in [2.24, 2.45) is 11.8 Å². The molecule has 3 aromatic heterocycles. The number of piperazine rings is 1. The van der Waals surface area contributed by atoms with Crippen LogP contribution in [0, 0.1) is 18.8 Å². The van der Waals surface area contributed by atoms with E-state index in [0.717, 1.165) is 42.4 Å². The van der Waals surface area contributed by atoms with Gasteiger partial charge >= 0.3 is 0 Å². The van der Waals surface area contributed by atoms with Gasteiger partial charge in [-0.25, -0.2) is 9.97 Å². The second-order valence-electron chi connectivity index (χ2n) is 10.2. The monoisotopic (exact) mass is 516 g/mol. The molecule has 1 aliphatic heterocycles. The van der Waals surface area contributed by atoms with E-state index >= 15 is 0 Å². The summed E-state index contributed by atoms with van der Waals surface area (Å²) in [5, 5.41) is 4.18. The normalized spacial score (nSPS) is 21.6. The number of hydrogen-bond donors (Lipinski definition) is 1. The molecule has 1 saturated heterocycles. The van der Waals surface area contributed by atoms with Crippen LogP contribution in [0.3, 0.4) is 0 Å². The number of nitrogens with one attached hydrogen (secondary N) is 1. The maximum absolute atomic E-state index is 13.6. The van der Waals surface area contributed by atoms with E-state index in [1.54, 1.807) is 18.5 Å². The number of rotatable bonds is 4. The van der Waals surface area contributed by atoms with Crippen LogP contribution in [0.1, 0.15) is 41.9 Å². The predicted octanol–water partition coefficient (Wildman–Crippen LogP) is 4.14. The SMILES string of the molecule is Cc1nc(N2CCN(C(=O)C3CC=CCC3C(=O)Nc3cccnc3)CC2)c2c3c(sc2n1)CCCC3. The molecule has 0 radical (unpaired) electrons. The highest BCUT2D eigenvalue weighted by Gasteiger charge is 2.37. The van der Waals surface area contributed by atoms with Gasteiger partial charge in [0.1, 0.15) is 16.5 Å². The largest absolute Gasteiger partial charge is 0.352 e. The number of carbonyl (C=O) groups is 2. The molecule has 0 spiro atoms. The number of hydrogen-bond acceptors (Lipinski definition) is 7. The van der Waals surface area contributed by atoms with Crippen LogP contribution in [-0.2, 0) is 22.4 Å². The van der Waals surface area contributed by atoms with Gasteiger partial charge in [0.25, 0.3) is 0 Å². The van der Waals surface area contributed by atoms with Crippen LogP contribution in [0.25, 0.3) is 10.2 Å². The van der Waals surface area contributed by atoms with E-state index < -0.39 is 0 Å². The van der Waals surface area contributed by atoms with Gasteiger partial charge in [0.15, 0.2) is 0 Å². The van der Waals surface area contributed by atoms with Crippen LogP contribution < -0.4 is 10.2 Å². The number of allylic oxidation sites excluding steroid dienone is 2. The number of aryl methyl sites for hydroxylation is 3. The molecule has 2 unspecified atom stereocenters. The Morgan fingerprint density at radius 1 is 1.03 bits per heavy atom. The van der Waals surface area contributed by atoms with Crippen LogP contribution in [0.15, 0.2) is 36.7 Å². The molecule has 0 aromatic carbocycles. The zero-order valence-electron chi connectivity index (χ0n) is 21.2. The quantitative estimate of drug-likeness (QED) is 0.524. The molecule has 4 heterocycles. The van der Waals surface area contributed by atoms with Crippen molar-refractivity contribution in [3.63, 3.8) is 0 Å². The molecule has 6 rings (SSSR count). The van der Waals surface area contributed by atoms with Crippen molar-refractivity contribution in [2.45, 2.75) is 45.4 Å². The minimum absolute atomic E-state index is 0.0762. The summed E-state index contributed by atoms with van der Waals surface area (Å²) < 4.78 is 0. The topological polar surface area (TPSA) is 91.3 Å². The van der Waals surface area contributed by atoms with Gasteiger partial charge in [-0.05, 0) is 63.1 Å². The lowest BCUT2D eigenvalue weighted by Gasteiger charge is -2.39. The van der Waals surface area contributed by atoms with Crippen molar-refractivity contribution in [1.29, 1.82) is 0 Å². The smallest absolute Gasteiger partial charge is 0.228 e. The Morgan fingerprint density at radius 3 is 2.59 bits per heavy atom. The lowest BCUT2D eigenvalue weighted by molar-refractivity contribution is -0.141. The van der Waals surface area contributed by atoms with Crippen molar-refractivity contribution in [1.82, 2.24) is 19.9 Å². The maximum Gasteiger partial charge on any atom is 0.228 e. The molecule has 1 fully saturated rings. The second-order valence-corrected chi connectivity index (χ2v) is 11.3. The van der Waals surface area contributed by atoms with E-state index in [1.165, 1.54) is 28.7 Å². The highest BCUT2D eigenvalue weighted by atomic mass is 32.1. The predicted molar refractivity (Wildman–Crippen MR) is 146 cm³/mol. The molecule has 9 heteroatoms. The Bertz CT molecular complexity index is 1350. The number of aromatic nitrogens is 3. The van der Waals surface area contributed by atoms with Gasteiger partial charge in [-0.2, -0.15) is 0 Å². The van der Waals surface area contributed by atoms with Crippen LogP contribution in [0.5, 0.6) is 0 Å². The number of fused-ring (bicyclic) bond motifs is 3. The average Bonchev–Trinajstić information content (AvgIpc) is 3.31. The number of amides is 2. The van der Waals surface area contributed by atoms with Gasteiger partial charge in [-0.1, -0.05) is 12.2 Å². The minimum Gasteiger partial charge on any atom is -0.352 e. The molecule has 1 N–H and O–H groups in total. The summed E-state index contributed by atoms with van der Waals surface area (Å²) in [6.07, 6.45) is 13.2. The zero-order chi connectivity index (χ0) is 25.4. The lowest BCUT2D eigenvalue weighted by Crippen LogP contribution is -2.52. The fourth-order valence-electron chi connectivity index (χ4n) is 5.89. The summed E-state index contributed by atoms with van der Waals surface area (Å²) in [4.78, 5) is 47.3. The summed E-state index contributed by atoms with van der Waals surface area (Å²) in [6, 6.07) is 3.60. The van der Waals surface area contributed by atoms with E-state index in [2.05, 4.69) is 15.2 Å². The fraction of sp³-hybridized carbons (Fsp3) is 0.464. The van der Waals surface area contributed by atoms with Crippen LogP contribution in [-0.4, -0.2) is 57.8 Å². The highest BCUT2D eigenvalue weighted by molar-refractivity contribution is 7.19. The molecular formula is C28H32N6O2S. The Morgan fingerprint density at radius 2 is 1.81 bits per heavy atom. The van der Waals surface area contributed by atoms with Crippen molar-refractivity contribution >= 4 is 44.9 Å².